The van der Waals surface area contributed by atoms with Crippen molar-refractivity contribution in [3.8, 4) is 0 Å². The van der Waals surface area contributed by atoms with E-state index in [1.165, 1.54) is 5.56 Å². The zero-order chi connectivity index (χ0) is 14.7. The maximum Gasteiger partial charge on any atom is 0.239 e. The van der Waals surface area contributed by atoms with Crippen molar-refractivity contribution < 1.29 is 9.53 Å². The standard InChI is InChI=1S/C16H24N2O2/c1-10-7-11(2)14(12(3)8-10)15(16(17)19)18-9-13-5-4-6-20-13/h7-8,13,15,18H,4-6,9H2,1-3H3,(H2,17,19). The quantitative estimate of drug-likeness (QED) is 0.863. The highest BCUT2D eigenvalue weighted by Crippen LogP contribution is 2.24. The largest absolute Gasteiger partial charge is 0.377 e. The van der Waals surface area contributed by atoms with E-state index in [1.54, 1.807) is 0 Å². The Balaban J connectivity index is 2.17. The summed E-state index contributed by atoms with van der Waals surface area (Å²) in [6, 6.07) is 3.73. The molecule has 110 valence electrons. The highest BCUT2D eigenvalue weighted by molar-refractivity contribution is 5.82. The number of nitrogens with one attached hydrogen (secondary N) is 1. The number of primary amides is 1. The number of carbonyl (C=O) groups excluding carboxylic acids is 1. The second-order valence-corrected chi connectivity index (χ2v) is 5.69. The van der Waals surface area contributed by atoms with Crippen LogP contribution in [-0.2, 0) is 9.53 Å². The summed E-state index contributed by atoms with van der Waals surface area (Å²) in [6.45, 7) is 7.59. The number of carbonyl (C=O) groups is 1. The second kappa shape index (κ2) is 6.37. The van der Waals surface area contributed by atoms with Gasteiger partial charge < -0.3 is 10.5 Å². The first-order valence-corrected chi connectivity index (χ1v) is 7.21. The van der Waals surface area contributed by atoms with Gasteiger partial charge in [-0.1, -0.05) is 17.7 Å². The molecular formula is C16H24N2O2. The van der Waals surface area contributed by atoms with Crippen molar-refractivity contribution in [3.63, 3.8) is 0 Å². The molecule has 4 nitrogen and oxygen atoms in total. The minimum absolute atomic E-state index is 0.197. The highest BCUT2D eigenvalue weighted by atomic mass is 16.5. The zero-order valence-electron chi connectivity index (χ0n) is 12.5. The Bertz CT molecular complexity index is 470. The van der Waals surface area contributed by atoms with Crippen molar-refractivity contribution in [3.05, 3.63) is 34.4 Å². The molecular weight excluding hydrogens is 252 g/mol. The number of hydrogen-bond acceptors (Lipinski definition) is 3. The maximum atomic E-state index is 11.8. The van der Waals surface area contributed by atoms with Gasteiger partial charge in [0, 0.05) is 13.2 Å². The van der Waals surface area contributed by atoms with Crippen LogP contribution in [0.15, 0.2) is 12.1 Å². The Morgan fingerprint density at radius 3 is 2.55 bits per heavy atom. The van der Waals surface area contributed by atoms with E-state index < -0.39 is 6.04 Å². The van der Waals surface area contributed by atoms with E-state index in [2.05, 4.69) is 24.4 Å². The predicted molar refractivity (Wildman–Crippen MR) is 79.6 cm³/mol. The molecule has 1 aliphatic heterocycles. The van der Waals surface area contributed by atoms with Gasteiger partial charge in [-0.25, -0.2) is 0 Å². The van der Waals surface area contributed by atoms with Gasteiger partial charge in [0.25, 0.3) is 0 Å². The van der Waals surface area contributed by atoms with Crippen LogP contribution >= 0.6 is 0 Å². The van der Waals surface area contributed by atoms with E-state index in [0.717, 1.165) is 36.1 Å². The summed E-state index contributed by atoms with van der Waals surface area (Å²) in [5.41, 5.74) is 9.99. The summed E-state index contributed by atoms with van der Waals surface area (Å²) in [5.74, 6) is -0.335. The van der Waals surface area contributed by atoms with Crippen molar-refractivity contribution in [2.45, 2.75) is 45.8 Å². The van der Waals surface area contributed by atoms with E-state index in [9.17, 15) is 4.79 Å². The van der Waals surface area contributed by atoms with Crippen LogP contribution in [0, 0.1) is 20.8 Å². The lowest BCUT2D eigenvalue weighted by atomic mass is 9.93. The fourth-order valence-corrected chi connectivity index (χ4v) is 3.05. The molecule has 0 bridgehead atoms. The Morgan fingerprint density at radius 2 is 2.05 bits per heavy atom. The third kappa shape index (κ3) is 3.38. The van der Waals surface area contributed by atoms with Crippen LogP contribution in [0.1, 0.15) is 41.1 Å². The molecule has 1 aromatic rings. The van der Waals surface area contributed by atoms with Crippen LogP contribution in [0.4, 0.5) is 0 Å². The summed E-state index contributed by atoms with van der Waals surface area (Å²) in [6.07, 6.45) is 2.34. The molecule has 20 heavy (non-hydrogen) atoms. The number of benzene rings is 1. The van der Waals surface area contributed by atoms with Gasteiger partial charge in [0.1, 0.15) is 6.04 Å². The van der Waals surface area contributed by atoms with E-state index in [0.29, 0.717) is 6.54 Å². The average molecular weight is 276 g/mol. The first-order valence-electron chi connectivity index (χ1n) is 7.21. The lowest BCUT2D eigenvalue weighted by molar-refractivity contribution is -0.120. The number of rotatable bonds is 5. The fourth-order valence-electron chi connectivity index (χ4n) is 3.05. The van der Waals surface area contributed by atoms with Crippen LogP contribution in [0.25, 0.3) is 0 Å². The molecule has 2 atom stereocenters. The normalized spacial score (nSPS) is 20.1. The number of nitrogens with two attached hydrogens (primary N) is 1. The zero-order valence-corrected chi connectivity index (χ0v) is 12.5. The number of hydrogen-bond donors (Lipinski definition) is 2. The molecule has 1 heterocycles. The Morgan fingerprint density at radius 1 is 1.40 bits per heavy atom. The topological polar surface area (TPSA) is 64.3 Å². The number of amides is 1. The van der Waals surface area contributed by atoms with Crippen molar-refractivity contribution in [2.75, 3.05) is 13.2 Å². The molecule has 0 radical (unpaired) electrons. The molecule has 1 aromatic carbocycles. The number of aryl methyl sites for hydroxylation is 3. The lowest BCUT2D eigenvalue weighted by Crippen LogP contribution is -2.38. The van der Waals surface area contributed by atoms with Crippen molar-refractivity contribution in [2.24, 2.45) is 5.73 Å². The minimum atomic E-state index is -0.445. The SMILES string of the molecule is Cc1cc(C)c(C(NCC2CCCO2)C(N)=O)c(C)c1. The van der Waals surface area contributed by atoms with E-state index >= 15 is 0 Å². The summed E-state index contributed by atoms with van der Waals surface area (Å²) >= 11 is 0. The van der Waals surface area contributed by atoms with E-state index in [1.807, 2.05) is 13.8 Å². The summed E-state index contributed by atoms with van der Waals surface area (Å²) in [4.78, 5) is 11.8. The third-order valence-electron chi connectivity index (χ3n) is 3.88. The van der Waals surface area contributed by atoms with Gasteiger partial charge in [-0.15, -0.1) is 0 Å². The highest BCUT2D eigenvalue weighted by Gasteiger charge is 2.24. The lowest BCUT2D eigenvalue weighted by Gasteiger charge is -2.22. The van der Waals surface area contributed by atoms with E-state index in [-0.39, 0.29) is 12.0 Å². The molecule has 0 saturated carbocycles. The average Bonchev–Trinajstić information content (AvgIpc) is 2.84. The third-order valence-corrected chi connectivity index (χ3v) is 3.88. The molecule has 1 amide bonds. The van der Waals surface area contributed by atoms with Crippen molar-refractivity contribution in [1.29, 1.82) is 0 Å². The van der Waals surface area contributed by atoms with E-state index in [4.69, 9.17) is 10.5 Å². The molecule has 4 heteroatoms. The minimum Gasteiger partial charge on any atom is -0.377 e. The summed E-state index contributed by atoms with van der Waals surface area (Å²) in [5, 5.41) is 3.28. The molecule has 1 saturated heterocycles. The van der Waals surface area contributed by atoms with Crippen LogP contribution in [0.2, 0.25) is 0 Å². The smallest absolute Gasteiger partial charge is 0.239 e. The number of ether oxygens (including phenoxy) is 1. The summed E-state index contributed by atoms with van der Waals surface area (Å²) in [7, 11) is 0. The van der Waals surface area contributed by atoms with Gasteiger partial charge in [0.2, 0.25) is 5.91 Å². The molecule has 1 aliphatic rings. The summed E-state index contributed by atoms with van der Waals surface area (Å²) < 4.78 is 5.58. The van der Waals surface area contributed by atoms with Crippen LogP contribution < -0.4 is 11.1 Å². The van der Waals surface area contributed by atoms with Gasteiger partial charge in [0.15, 0.2) is 0 Å². The fraction of sp³-hybridized carbons (Fsp3) is 0.562. The van der Waals surface area contributed by atoms with Crippen molar-refractivity contribution >= 4 is 5.91 Å². The van der Waals surface area contributed by atoms with Gasteiger partial charge in [-0.2, -0.15) is 0 Å². The first kappa shape index (κ1) is 15.0. The molecule has 0 aromatic heterocycles. The molecule has 0 aliphatic carbocycles. The first-order chi connectivity index (χ1) is 9.49. The Hall–Kier alpha value is -1.39. The Kier molecular flexibility index (Phi) is 4.78. The Labute approximate surface area is 120 Å². The van der Waals surface area contributed by atoms with Gasteiger partial charge in [0.05, 0.1) is 6.10 Å². The molecule has 2 rings (SSSR count). The molecule has 3 N–H and O–H groups in total. The molecule has 0 spiro atoms. The van der Waals surface area contributed by atoms with Crippen molar-refractivity contribution in [1.82, 2.24) is 5.32 Å². The van der Waals surface area contributed by atoms with Gasteiger partial charge in [-0.3, -0.25) is 10.1 Å². The second-order valence-electron chi connectivity index (χ2n) is 5.69. The van der Waals surface area contributed by atoms with Crippen LogP contribution in [0.5, 0.6) is 0 Å². The molecule has 2 unspecified atom stereocenters. The monoisotopic (exact) mass is 276 g/mol. The van der Waals surface area contributed by atoms with Crippen LogP contribution in [0.3, 0.4) is 0 Å². The van der Waals surface area contributed by atoms with Gasteiger partial charge >= 0.3 is 0 Å². The van der Waals surface area contributed by atoms with Gasteiger partial charge in [-0.05, 0) is 50.3 Å². The van der Waals surface area contributed by atoms with Crippen LogP contribution in [-0.4, -0.2) is 25.2 Å². The predicted octanol–water partition coefficient (Wildman–Crippen LogP) is 1.91. The molecule has 1 fully saturated rings. The maximum absolute atomic E-state index is 11.8.